The van der Waals surface area contributed by atoms with Crippen LogP contribution >= 0.6 is 11.6 Å². The lowest BCUT2D eigenvalue weighted by Crippen LogP contribution is -2.41. The van der Waals surface area contributed by atoms with Gasteiger partial charge in [0.1, 0.15) is 0 Å². The fraction of sp³-hybridized carbons (Fsp3) is 0.583. The van der Waals surface area contributed by atoms with Crippen molar-refractivity contribution in [1.29, 1.82) is 0 Å². The van der Waals surface area contributed by atoms with Crippen molar-refractivity contribution in [2.24, 2.45) is 5.73 Å². The highest BCUT2D eigenvalue weighted by molar-refractivity contribution is 6.48. The molecular weight excluding hydrogens is 250 g/mol. The van der Waals surface area contributed by atoms with Crippen molar-refractivity contribution >= 4 is 18.7 Å². The Labute approximate surface area is 113 Å². The minimum Gasteiger partial charge on any atom is -0.402 e. The number of halogens is 1. The Morgan fingerprint density at radius 1 is 1.28 bits per heavy atom. The van der Waals surface area contributed by atoms with Crippen molar-refractivity contribution in [2.75, 3.05) is 0 Å². The van der Waals surface area contributed by atoms with Gasteiger partial charge in [0, 0.05) is 12.4 Å². The van der Waals surface area contributed by atoms with Crippen molar-refractivity contribution in [3.63, 3.8) is 0 Å². The van der Waals surface area contributed by atoms with Gasteiger partial charge in [-0.1, -0.05) is 11.6 Å². The summed E-state index contributed by atoms with van der Waals surface area (Å²) < 4.78 is 11.8. The highest BCUT2D eigenvalue weighted by atomic mass is 35.5. The van der Waals surface area contributed by atoms with Gasteiger partial charge in [-0.05, 0) is 39.3 Å². The van der Waals surface area contributed by atoms with E-state index in [9.17, 15) is 0 Å². The summed E-state index contributed by atoms with van der Waals surface area (Å²) in [6, 6.07) is 1.79. The maximum Gasteiger partial charge on any atom is 0.480 e. The van der Waals surface area contributed by atoms with Crippen molar-refractivity contribution in [2.45, 2.75) is 44.8 Å². The van der Waals surface area contributed by atoms with Crippen LogP contribution in [0, 0.1) is 0 Å². The Kier molecular flexibility index (Phi) is 3.45. The van der Waals surface area contributed by atoms with E-state index in [-0.39, 0.29) is 0 Å². The largest absolute Gasteiger partial charge is 0.480 e. The van der Waals surface area contributed by atoms with Crippen molar-refractivity contribution < 1.29 is 9.31 Å². The van der Waals surface area contributed by atoms with Crippen LogP contribution in [-0.2, 0) is 9.31 Å². The highest BCUT2D eigenvalue weighted by Crippen LogP contribution is 2.40. The normalized spacial score (nSPS) is 23.1. The molecule has 1 atom stereocenters. The number of nitrogens with two attached hydrogens (primary N) is 1. The van der Waals surface area contributed by atoms with E-state index in [1.807, 2.05) is 27.7 Å². The molecule has 0 bridgehead atoms. The minimum absolute atomic E-state index is 0.394. The third kappa shape index (κ3) is 2.28. The standard InChI is InChI=1S/C12H18BClN2O2/c1-11(2)12(3,4)18-13(17-11)10(15)8-5-6-16-7-9(8)14/h5-7,10H,15H2,1-4H3/t10-/m0/s1. The first-order chi connectivity index (χ1) is 8.24. The van der Waals surface area contributed by atoms with Crippen molar-refractivity contribution in [3.8, 4) is 0 Å². The first kappa shape index (κ1) is 13.8. The van der Waals surface area contributed by atoms with E-state index in [1.165, 1.54) is 0 Å². The molecule has 0 aliphatic carbocycles. The molecule has 0 saturated carbocycles. The Bertz CT molecular complexity index is 437. The number of hydrogen-bond donors (Lipinski definition) is 1. The lowest BCUT2D eigenvalue weighted by atomic mass is 9.75. The molecule has 1 saturated heterocycles. The average Bonchev–Trinajstić information content (AvgIpc) is 2.48. The fourth-order valence-corrected chi connectivity index (χ4v) is 2.08. The third-order valence-electron chi connectivity index (χ3n) is 3.73. The maximum absolute atomic E-state index is 6.18. The number of aromatic nitrogens is 1. The first-order valence-electron chi connectivity index (χ1n) is 5.95. The highest BCUT2D eigenvalue weighted by Gasteiger charge is 2.53. The monoisotopic (exact) mass is 268 g/mol. The molecule has 2 heterocycles. The lowest BCUT2D eigenvalue weighted by molar-refractivity contribution is 0.00578. The molecule has 1 aliphatic heterocycles. The van der Waals surface area contributed by atoms with Crippen LogP contribution in [0.3, 0.4) is 0 Å². The van der Waals surface area contributed by atoms with E-state index in [4.69, 9.17) is 26.6 Å². The third-order valence-corrected chi connectivity index (χ3v) is 4.04. The summed E-state index contributed by atoms with van der Waals surface area (Å²) in [6.45, 7) is 7.98. The van der Waals surface area contributed by atoms with E-state index in [0.717, 1.165) is 5.56 Å². The minimum atomic E-state index is -0.505. The number of hydrogen-bond acceptors (Lipinski definition) is 4. The van der Waals surface area contributed by atoms with Gasteiger partial charge in [-0.15, -0.1) is 0 Å². The molecule has 0 radical (unpaired) electrons. The van der Waals surface area contributed by atoms with Crippen LogP contribution in [0.25, 0.3) is 0 Å². The topological polar surface area (TPSA) is 57.4 Å². The van der Waals surface area contributed by atoms with Gasteiger partial charge in [0.05, 0.1) is 22.2 Å². The SMILES string of the molecule is CC1(C)OB([C@@H](N)c2ccncc2Cl)OC1(C)C. The average molecular weight is 269 g/mol. The molecule has 0 unspecified atom stereocenters. The summed E-state index contributed by atoms with van der Waals surface area (Å²) in [5, 5.41) is 0.528. The summed E-state index contributed by atoms with van der Waals surface area (Å²) in [7, 11) is -0.505. The van der Waals surface area contributed by atoms with Gasteiger partial charge in [0.15, 0.2) is 0 Å². The molecule has 0 amide bonds. The predicted molar refractivity (Wildman–Crippen MR) is 72.3 cm³/mol. The first-order valence-corrected chi connectivity index (χ1v) is 6.33. The van der Waals surface area contributed by atoms with Gasteiger partial charge in [-0.3, -0.25) is 4.98 Å². The number of pyridine rings is 1. The van der Waals surface area contributed by atoms with Crippen LogP contribution in [0.1, 0.15) is 39.2 Å². The van der Waals surface area contributed by atoms with Crippen LogP contribution in [0.4, 0.5) is 0 Å². The molecule has 1 fully saturated rings. The zero-order valence-corrected chi connectivity index (χ0v) is 11.9. The second-order valence-electron chi connectivity index (χ2n) is 5.55. The van der Waals surface area contributed by atoms with Crippen molar-refractivity contribution in [1.82, 2.24) is 4.98 Å². The zero-order valence-electron chi connectivity index (χ0n) is 11.1. The molecule has 2 N–H and O–H groups in total. The smallest absolute Gasteiger partial charge is 0.402 e. The molecule has 0 aromatic carbocycles. The summed E-state index contributed by atoms with van der Waals surface area (Å²) in [5.74, 6) is -0.429. The number of nitrogens with zero attached hydrogens (tertiary/aromatic N) is 1. The van der Waals surface area contributed by atoms with E-state index in [1.54, 1.807) is 18.5 Å². The number of rotatable bonds is 2. The predicted octanol–water partition coefficient (Wildman–Crippen LogP) is 2.37. The molecule has 2 rings (SSSR count). The maximum atomic E-state index is 6.18. The van der Waals surface area contributed by atoms with E-state index in [2.05, 4.69) is 4.98 Å². The Morgan fingerprint density at radius 3 is 2.33 bits per heavy atom. The second-order valence-corrected chi connectivity index (χ2v) is 5.95. The summed E-state index contributed by atoms with van der Waals surface area (Å²) in [6.07, 6.45) is 3.23. The fourth-order valence-electron chi connectivity index (χ4n) is 1.84. The molecule has 1 aromatic heterocycles. The van der Waals surface area contributed by atoms with Gasteiger partial charge in [-0.25, -0.2) is 0 Å². The van der Waals surface area contributed by atoms with Gasteiger partial charge in [-0.2, -0.15) is 0 Å². The molecule has 1 aliphatic rings. The summed E-state index contributed by atoms with van der Waals surface area (Å²) in [5.41, 5.74) is 6.18. The molecule has 1 aromatic rings. The molecule has 6 heteroatoms. The molecule has 98 valence electrons. The Morgan fingerprint density at radius 2 is 1.83 bits per heavy atom. The van der Waals surface area contributed by atoms with E-state index in [0.29, 0.717) is 5.02 Å². The molecule has 0 spiro atoms. The Balaban J connectivity index is 2.23. The summed E-state index contributed by atoms with van der Waals surface area (Å²) >= 11 is 6.09. The Hall–Kier alpha value is -0.615. The van der Waals surface area contributed by atoms with Crippen LogP contribution < -0.4 is 5.73 Å². The van der Waals surface area contributed by atoms with Crippen LogP contribution in [0.5, 0.6) is 0 Å². The van der Waals surface area contributed by atoms with Gasteiger partial charge in [0.2, 0.25) is 0 Å². The zero-order chi connectivity index (χ0) is 13.6. The lowest BCUT2D eigenvalue weighted by Gasteiger charge is -2.32. The second kappa shape index (κ2) is 4.49. The molecular formula is C12H18BClN2O2. The quantitative estimate of drug-likeness (QED) is 0.837. The molecule has 18 heavy (non-hydrogen) atoms. The van der Waals surface area contributed by atoms with Gasteiger partial charge < -0.3 is 15.0 Å². The summed E-state index contributed by atoms with van der Waals surface area (Å²) in [4.78, 5) is 3.94. The van der Waals surface area contributed by atoms with E-state index >= 15 is 0 Å². The van der Waals surface area contributed by atoms with Crippen LogP contribution in [0.15, 0.2) is 18.5 Å². The van der Waals surface area contributed by atoms with E-state index < -0.39 is 24.3 Å². The molecule has 4 nitrogen and oxygen atoms in total. The van der Waals surface area contributed by atoms with Gasteiger partial charge >= 0.3 is 7.12 Å². The van der Waals surface area contributed by atoms with Crippen molar-refractivity contribution in [3.05, 3.63) is 29.0 Å². The van der Waals surface area contributed by atoms with Crippen LogP contribution in [-0.4, -0.2) is 23.3 Å². The van der Waals surface area contributed by atoms with Gasteiger partial charge in [0.25, 0.3) is 0 Å². The van der Waals surface area contributed by atoms with Crippen LogP contribution in [0.2, 0.25) is 5.02 Å².